The Balaban J connectivity index is 1.91. The van der Waals surface area contributed by atoms with E-state index >= 15 is 0 Å². The fourth-order valence-electron chi connectivity index (χ4n) is 3.28. The van der Waals surface area contributed by atoms with Crippen LogP contribution in [0.5, 0.6) is 5.75 Å². The molecule has 0 spiro atoms. The van der Waals surface area contributed by atoms with Crippen LogP contribution in [0.4, 0.5) is 5.69 Å². The van der Waals surface area contributed by atoms with Crippen LogP contribution in [0, 0.1) is 25.2 Å². The average Bonchev–Trinajstić information content (AvgIpc) is 2.77. The van der Waals surface area contributed by atoms with Crippen LogP contribution in [0.15, 0.2) is 69.1 Å². The van der Waals surface area contributed by atoms with Crippen LogP contribution in [0.1, 0.15) is 27.8 Å². The van der Waals surface area contributed by atoms with Gasteiger partial charge in [0.05, 0.1) is 7.11 Å². The fraction of sp³-hybridized carbons (Fsp3) is 0.154. The molecule has 0 aliphatic rings. The Bertz CT molecular complexity index is 1240. The van der Waals surface area contributed by atoms with Crippen molar-refractivity contribution in [3.8, 4) is 11.8 Å². The van der Waals surface area contributed by atoms with Gasteiger partial charge in [0.2, 0.25) is 0 Å². The number of methoxy groups -OCH3 is 1. The van der Waals surface area contributed by atoms with Crippen LogP contribution in [0.2, 0.25) is 0 Å². The lowest BCUT2D eigenvalue weighted by Gasteiger charge is -2.14. The molecule has 32 heavy (non-hydrogen) atoms. The number of aryl methyl sites for hydroxylation is 2. The highest BCUT2D eigenvalue weighted by atomic mass is 79.9. The van der Waals surface area contributed by atoms with Gasteiger partial charge in [-0.1, -0.05) is 62.2 Å². The zero-order chi connectivity index (χ0) is 23.3. The molecule has 3 rings (SSSR count). The lowest BCUT2D eigenvalue weighted by molar-refractivity contribution is -0.112. The molecule has 0 atom stereocenters. The number of nitriles is 1. The topological polar surface area (TPSA) is 62.1 Å². The maximum absolute atomic E-state index is 12.7. The lowest BCUT2D eigenvalue weighted by Crippen LogP contribution is -2.14. The van der Waals surface area contributed by atoms with Gasteiger partial charge >= 0.3 is 0 Å². The van der Waals surface area contributed by atoms with E-state index in [1.165, 1.54) is 0 Å². The van der Waals surface area contributed by atoms with Crippen molar-refractivity contribution < 1.29 is 9.53 Å². The molecule has 162 valence electrons. The number of benzene rings is 3. The van der Waals surface area contributed by atoms with Gasteiger partial charge in [0, 0.05) is 26.6 Å². The lowest BCUT2D eigenvalue weighted by atomic mass is 10.0. The Morgan fingerprint density at radius 1 is 1.09 bits per heavy atom. The normalized spacial score (nSPS) is 11.1. The molecule has 0 heterocycles. The summed E-state index contributed by atoms with van der Waals surface area (Å²) in [5.41, 5.74) is 5.47. The Labute approximate surface area is 205 Å². The molecule has 3 aromatic carbocycles. The smallest absolute Gasteiger partial charge is 0.266 e. The van der Waals surface area contributed by atoms with E-state index in [0.29, 0.717) is 23.4 Å². The third-order valence-electron chi connectivity index (χ3n) is 5.04. The molecule has 0 radical (unpaired) electrons. The number of halogens is 2. The number of ether oxygens (including phenoxy) is 1. The number of nitrogens with one attached hydrogen (secondary N) is 1. The molecule has 0 unspecified atom stereocenters. The van der Waals surface area contributed by atoms with E-state index in [4.69, 9.17) is 4.74 Å². The van der Waals surface area contributed by atoms with Gasteiger partial charge in [-0.15, -0.1) is 0 Å². The van der Waals surface area contributed by atoms with Gasteiger partial charge in [0.1, 0.15) is 17.4 Å². The average molecular weight is 554 g/mol. The SMILES string of the molecule is COc1cc(/C=C(\C#N)C(=O)Nc2cc(C)ccc2C)cc(Br)c1Cc1ccccc1Br. The van der Waals surface area contributed by atoms with Gasteiger partial charge in [-0.3, -0.25) is 4.79 Å². The molecule has 3 aromatic rings. The Morgan fingerprint density at radius 3 is 2.53 bits per heavy atom. The van der Waals surface area contributed by atoms with E-state index in [1.807, 2.05) is 68.4 Å². The molecule has 0 fully saturated rings. The third kappa shape index (κ3) is 5.67. The van der Waals surface area contributed by atoms with Crippen LogP contribution in [-0.4, -0.2) is 13.0 Å². The first kappa shape index (κ1) is 23.8. The third-order valence-corrected chi connectivity index (χ3v) is 6.52. The second-order valence-electron chi connectivity index (χ2n) is 7.39. The van der Waals surface area contributed by atoms with Crippen molar-refractivity contribution >= 4 is 49.5 Å². The molecule has 0 saturated carbocycles. The molecule has 0 saturated heterocycles. The van der Waals surface area contributed by atoms with Gasteiger partial charge < -0.3 is 10.1 Å². The van der Waals surface area contributed by atoms with Gasteiger partial charge in [0.15, 0.2) is 0 Å². The Kier molecular flexibility index (Phi) is 7.89. The number of hydrogen-bond donors (Lipinski definition) is 1. The summed E-state index contributed by atoms with van der Waals surface area (Å²) in [6, 6.07) is 19.5. The summed E-state index contributed by atoms with van der Waals surface area (Å²) in [4.78, 5) is 12.7. The molecule has 0 aliphatic carbocycles. The minimum atomic E-state index is -0.450. The number of anilines is 1. The zero-order valence-electron chi connectivity index (χ0n) is 18.0. The molecule has 4 nitrogen and oxygen atoms in total. The summed E-state index contributed by atoms with van der Waals surface area (Å²) in [5.74, 6) is 0.224. The van der Waals surface area contributed by atoms with Crippen LogP contribution in [-0.2, 0) is 11.2 Å². The molecule has 0 aromatic heterocycles. The maximum atomic E-state index is 12.7. The molecule has 1 amide bonds. The zero-order valence-corrected chi connectivity index (χ0v) is 21.2. The summed E-state index contributed by atoms with van der Waals surface area (Å²) < 4.78 is 7.48. The standard InChI is InChI=1S/C26H22Br2N2O2/c1-16-8-9-17(2)24(10-16)30-26(31)20(15-29)11-18-12-23(28)21(25(13-18)32-3)14-19-6-4-5-7-22(19)27/h4-13H,14H2,1-3H3,(H,30,31)/b20-11+. The number of carbonyl (C=O) groups is 1. The molecular weight excluding hydrogens is 532 g/mol. The summed E-state index contributed by atoms with van der Waals surface area (Å²) in [6.07, 6.45) is 2.23. The first-order valence-electron chi connectivity index (χ1n) is 9.92. The van der Waals surface area contributed by atoms with E-state index in [2.05, 4.69) is 43.2 Å². The second kappa shape index (κ2) is 10.6. The van der Waals surface area contributed by atoms with Crippen molar-refractivity contribution in [3.05, 3.63) is 96.9 Å². The van der Waals surface area contributed by atoms with Crippen molar-refractivity contribution in [1.82, 2.24) is 0 Å². The summed E-state index contributed by atoms with van der Waals surface area (Å²) in [7, 11) is 1.61. The van der Waals surface area contributed by atoms with E-state index in [1.54, 1.807) is 13.2 Å². The number of hydrogen-bond acceptors (Lipinski definition) is 3. The summed E-state index contributed by atoms with van der Waals surface area (Å²) in [6.45, 7) is 3.87. The monoisotopic (exact) mass is 552 g/mol. The quantitative estimate of drug-likeness (QED) is 0.265. The van der Waals surface area contributed by atoms with Gasteiger partial charge in [-0.2, -0.15) is 5.26 Å². The van der Waals surface area contributed by atoms with Crippen molar-refractivity contribution in [2.75, 3.05) is 12.4 Å². The molecule has 6 heteroatoms. The van der Waals surface area contributed by atoms with Crippen molar-refractivity contribution in [2.45, 2.75) is 20.3 Å². The molecule has 1 N–H and O–H groups in total. The van der Waals surface area contributed by atoms with E-state index in [9.17, 15) is 10.1 Å². The van der Waals surface area contributed by atoms with Gasteiger partial charge in [0.25, 0.3) is 5.91 Å². The van der Waals surface area contributed by atoms with Crippen molar-refractivity contribution in [1.29, 1.82) is 5.26 Å². The molecule has 0 bridgehead atoms. The van der Waals surface area contributed by atoms with Crippen LogP contribution in [0.25, 0.3) is 6.08 Å². The van der Waals surface area contributed by atoms with E-state index in [0.717, 1.165) is 31.2 Å². The van der Waals surface area contributed by atoms with Gasteiger partial charge in [-0.05, 0) is 66.4 Å². The highest BCUT2D eigenvalue weighted by molar-refractivity contribution is 9.10. The number of nitrogens with zero attached hydrogens (tertiary/aromatic N) is 1. The van der Waals surface area contributed by atoms with Crippen LogP contribution < -0.4 is 10.1 Å². The predicted octanol–water partition coefficient (Wildman–Crippen LogP) is 6.97. The van der Waals surface area contributed by atoms with Crippen LogP contribution in [0.3, 0.4) is 0 Å². The maximum Gasteiger partial charge on any atom is 0.266 e. The van der Waals surface area contributed by atoms with Crippen molar-refractivity contribution in [2.24, 2.45) is 0 Å². The molecular formula is C26H22Br2N2O2. The van der Waals surface area contributed by atoms with Gasteiger partial charge in [-0.25, -0.2) is 0 Å². The Morgan fingerprint density at radius 2 is 1.84 bits per heavy atom. The highest BCUT2D eigenvalue weighted by Gasteiger charge is 2.15. The largest absolute Gasteiger partial charge is 0.496 e. The predicted molar refractivity (Wildman–Crippen MR) is 136 cm³/mol. The first-order valence-corrected chi connectivity index (χ1v) is 11.5. The number of rotatable bonds is 6. The Hall–Kier alpha value is -2.88. The number of carbonyl (C=O) groups excluding carboxylic acids is 1. The second-order valence-corrected chi connectivity index (χ2v) is 9.10. The summed E-state index contributed by atoms with van der Waals surface area (Å²) >= 11 is 7.22. The van der Waals surface area contributed by atoms with Crippen molar-refractivity contribution in [3.63, 3.8) is 0 Å². The highest BCUT2D eigenvalue weighted by Crippen LogP contribution is 2.33. The fourth-order valence-corrected chi connectivity index (χ4v) is 4.30. The van der Waals surface area contributed by atoms with E-state index < -0.39 is 5.91 Å². The molecule has 0 aliphatic heterocycles. The first-order chi connectivity index (χ1) is 15.3. The minimum absolute atomic E-state index is 0.0124. The van der Waals surface area contributed by atoms with Crippen LogP contribution >= 0.6 is 31.9 Å². The summed E-state index contributed by atoms with van der Waals surface area (Å²) in [5, 5.41) is 12.4. The minimum Gasteiger partial charge on any atom is -0.496 e. The number of amides is 1. The van der Waals surface area contributed by atoms with E-state index in [-0.39, 0.29) is 5.57 Å².